The molecule has 0 saturated heterocycles. The molecule has 6 nitrogen and oxygen atoms in total. The number of halogens is 1. The SMILES string of the molecule is O=C(NCc1ccc(Cl)cc1)C1CCCn2c(-c3ccncc3)nnc21. The fraction of sp³-hybridized carbons (Fsp3) is 0.263. The average molecular weight is 368 g/mol. The average Bonchev–Trinajstić information content (AvgIpc) is 3.12. The summed E-state index contributed by atoms with van der Waals surface area (Å²) >= 11 is 5.90. The third kappa shape index (κ3) is 3.32. The number of carbonyl (C=O) groups excluding carboxylic acids is 1. The second-order valence-corrected chi connectivity index (χ2v) is 6.74. The molecule has 0 saturated carbocycles. The maximum absolute atomic E-state index is 12.7. The minimum absolute atomic E-state index is 0.0189. The van der Waals surface area contributed by atoms with Crippen molar-refractivity contribution in [3.8, 4) is 11.4 Å². The first-order valence-corrected chi connectivity index (χ1v) is 8.96. The Labute approximate surface area is 156 Å². The van der Waals surface area contributed by atoms with Crippen LogP contribution < -0.4 is 5.32 Å². The van der Waals surface area contributed by atoms with Crippen molar-refractivity contribution < 1.29 is 4.79 Å². The van der Waals surface area contributed by atoms with Gasteiger partial charge in [-0.25, -0.2) is 0 Å². The van der Waals surface area contributed by atoms with Crippen LogP contribution in [-0.4, -0.2) is 25.7 Å². The lowest BCUT2D eigenvalue weighted by atomic mass is 9.97. The molecule has 0 radical (unpaired) electrons. The first-order chi connectivity index (χ1) is 12.7. The van der Waals surface area contributed by atoms with Gasteiger partial charge in [0.1, 0.15) is 5.82 Å². The van der Waals surface area contributed by atoms with E-state index >= 15 is 0 Å². The number of aromatic nitrogens is 4. The number of amides is 1. The van der Waals surface area contributed by atoms with E-state index in [4.69, 9.17) is 11.6 Å². The van der Waals surface area contributed by atoms with Gasteiger partial charge in [-0.1, -0.05) is 23.7 Å². The largest absolute Gasteiger partial charge is 0.351 e. The monoisotopic (exact) mass is 367 g/mol. The molecule has 0 aliphatic carbocycles. The van der Waals surface area contributed by atoms with E-state index in [0.717, 1.165) is 42.2 Å². The topological polar surface area (TPSA) is 72.7 Å². The fourth-order valence-electron chi connectivity index (χ4n) is 3.25. The maximum atomic E-state index is 12.7. The Bertz CT molecular complexity index is 907. The smallest absolute Gasteiger partial charge is 0.231 e. The molecular weight excluding hydrogens is 350 g/mol. The Kier molecular flexibility index (Phi) is 4.67. The van der Waals surface area contributed by atoms with Crippen molar-refractivity contribution in [1.82, 2.24) is 25.1 Å². The molecule has 0 spiro atoms. The van der Waals surface area contributed by atoms with Crippen molar-refractivity contribution in [2.45, 2.75) is 31.8 Å². The summed E-state index contributed by atoms with van der Waals surface area (Å²) in [5, 5.41) is 12.3. The molecule has 3 heterocycles. The Balaban J connectivity index is 1.51. The van der Waals surface area contributed by atoms with Crippen LogP contribution in [-0.2, 0) is 17.9 Å². The summed E-state index contributed by atoms with van der Waals surface area (Å²) in [6.07, 6.45) is 5.16. The lowest BCUT2D eigenvalue weighted by Gasteiger charge is -2.23. The minimum atomic E-state index is -0.279. The number of nitrogens with zero attached hydrogens (tertiary/aromatic N) is 4. The quantitative estimate of drug-likeness (QED) is 0.768. The van der Waals surface area contributed by atoms with Crippen LogP contribution in [0, 0.1) is 0 Å². The summed E-state index contributed by atoms with van der Waals surface area (Å²) in [5.41, 5.74) is 1.97. The lowest BCUT2D eigenvalue weighted by molar-refractivity contribution is -0.123. The van der Waals surface area contributed by atoms with Crippen molar-refractivity contribution in [2.24, 2.45) is 0 Å². The predicted octanol–water partition coefficient (Wildman–Crippen LogP) is 3.19. The summed E-state index contributed by atoms with van der Waals surface area (Å²) in [6.45, 7) is 1.29. The van der Waals surface area contributed by atoms with Crippen molar-refractivity contribution in [1.29, 1.82) is 0 Å². The van der Waals surface area contributed by atoms with Crippen LogP contribution in [0.25, 0.3) is 11.4 Å². The van der Waals surface area contributed by atoms with E-state index < -0.39 is 0 Å². The molecule has 1 unspecified atom stereocenters. The number of pyridine rings is 1. The fourth-order valence-corrected chi connectivity index (χ4v) is 3.38. The minimum Gasteiger partial charge on any atom is -0.351 e. The molecule has 2 aromatic heterocycles. The van der Waals surface area contributed by atoms with Gasteiger partial charge in [-0.3, -0.25) is 9.78 Å². The van der Waals surface area contributed by atoms with Gasteiger partial charge in [-0.2, -0.15) is 0 Å². The van der Waals surface area contributed by atoms with Gasteiger partial charge in [-0.15, -0.1) is 10.2 Å². The van der Waals surface area contributed by atoms with E-state index in [-0.39, 0.29) is 11.8 Å². The summed E-state index contributed by atoms with van der Waals surface area (Å²) in [7, 11) is 0. The van der Waals surface area contributed by atoms with Crippen molar-refractivity contribution in [3.05, 3.63) is 65.2 Å². The molecule has 0 fully saturated rings. The molecule has 3 aromatic rings. The van der Waals surface area contributed by atoms with Crippen LogP contribution in [0.1, 0.15) is 30.1 Å². The number of rotatable bonds is 4. The molecule has 1 aliphatic rings. The summed E-state index contributed by atoms with van der Waals surface area (Å²) in [5.74, 6) is 1.22. The number of fused-ring (bicyclic) bond motifs is 1. The Morgan fingerprint density at radius 3 is 2.69 bits per heavy atom. The normalized spacial score (nSPS) is 16.1. The standard InChI is InChI=1S/C19H18ClN5O/c20-15-5-3-13(4-6-15)12-22-19(26)16-2-1-11-25-17(23-24-18(16)25)14-7-9-21-10-8-14/h3-10,16H,1-2,11-12H2,(H,22,26). The van der Waals surface area contributed by atoms with Gasteiger partial charge in [0.2, 0.25) is 5.91 Å². The zero-order valence-electron chi connectivity index (χ0n) is 14.1. The molecule has 1 N–H and O–H groups in total. The van der Waals surface area contributed by atoms with E-state index in [1.165, 1.54) is 0 Å². The first-order valence-electron chi connectivity index (χ1n) is 8.58. The van der Waals surface area contributed by atoms with Crippen molar-refractivity contribution in [3.63, 3.8) is 0 Å². The highest BCUT2D eigenvalue weighted by atomic mass is 35.5. The first kappa shape index (κ1) is 16.7. The van der Waals surface area contributed by atoms with Gasteiger partial charge < -0.3 is 9.88 Å². The molecule has 1 atom stereocenters. The van der Waals surface area contributed by atoms with Crippen LogP contribution in [0.2, 0.25) is 5.02 Å². The van der Waals surface area contributed by atoms with Crippen LogP contribution >= 0.6 is 11.6 Å². The molecule has 1 amide bonds. The van der Waals surface area contributed by atoms with E-state index in [0.29, 0.717) is 11.6 Å². The zero-order valence-corrected chi connectivity index (χ0v) is 14.9. The molecule has 132 valence electrons. The molecule has 1 aliphatic heterocycles. The lowest BCUT2D eigenvalue weighted by Crippen LogP contribution is -2.32. The maximum Gasteiger partial charge on any atom is 0.231 e. The molecule has 1 aromatic carbocycles. The summed E-state index contributed by atoms with van der Waals surface area (Å²) in [6, 6.07) is 11.3. The Morgan fingerprint density at radius 2 is 1.92 bits per heavy atom. The van der Waals surface area contributed by atoms with Gasteiger partial charge in [0.25, 0.3) is 0 Å². The Morgan fingerprint density at radius 1 is 1.15 bits per heavy atom. The van der Waals surface area contributed by atoms with Gasteiger partial charge in [-0.05, 0) is 42.7 Å². The van der Waals surface area contributed by atoms with E-state index in [2.05, 4.69) is 20.5 Å². The highest BCUT2D eigenvalue weighted by Crippen LogP contribution is 2.30. The molecule has 0 bridgehead atoms. The molecule has 4 rings (SSSR count). The molecule has 26 heavy (non-hydrogen) atoms. The van der Waals surface area contributed by atoms with E-state index in [1.54, 1.807) is 12.4 Å². The third-order valence-electron chi connectivity index (χ3n) is 4.60. The highest BCUT2D eigenvalue weighted by Gasteiger charge is 2.30. The van der Waals surface area contributed by atoms with E-state index in [9.17, 15) is 4.79 Å². The number of hydrogen-bond acceptors (Lipinski definition) is 4. The second-order valence-electron chi connectivity index (χ2n) is 6.31. The van der Waals surface area contributed by atoms with Gasteiger partial charge in [0, 0.05) is 36.1 Å². The predicted molar refractivity (Wildman–Crippen MR) is 98.5 cm³/mol. The van der Waals surface area contributed by atoms with E-state index in [1.807, 2.05) is 41.0 Å². The number of benzene rings is 1. The molecule has 7 heteroatoms. The third-order valence-corrected chi connectivity index (χ3v) is 4.85. The van der Waals surface area contributed by atoms with Crippen LogP contribution in [0.15, 0.2) is 48.8 Å². The zero-order chi connectivity index (χ0) is 17.9. The summed E-state index contributed by atoms with van der Waals surface area (Å²) < 4.78 is 2.05. The van der Waals surface area contributed by atoms with Crippen molar-refractivity contribution >= 4 is 17.5 Å². The number of nitrogens with one attached hydrogen (secondary N) is 1. The van der Waals surface area contributed by atoms with Crippen LogP contribution in [0.4, 0.5) is 0 Å². The van der Waals surface area contributed by atoms with Gasteiger partial charge in [0.15, 0.2) is 5.82 Å². The second kappa shape index (κ2) is 7.25. The number of hydrogen-bond donors (Lipinski definition) is 1. The summed E-state index contributed by atoms with van der Waals surface area (Å²) in [4.78, 5) is 16.8. The van der Waals surface area contributed by atoms with Crippen LogP contribution in [0.5, 0.6) is 0 Å². The molecular formula is C19H18ClN5O. The van der Waals surface area contributed by atoms with Crippen molar-refractivity contribution in [2.75, 3.05) is 0 Å². The van der Waals surface area contributed by atoms with Gasteiger partial charge >= 0.3 is 0 Å². The van der Waals surface area contributed by atoms with Gasteiger partial charge in [0.05, 0.1) is 5.92 Å². The van der Waals surface area contributed by atoms with Crippen LogP contribution in [0.3, 0.4) is 0 Å². The number of carbonyl (C=O) groups is 1. The Hall–Kier alpha value is -2.73. The highest BCUT2D eigenvalue weighted by molar-refractivity contribution is 6.30.